The van der Waals surface area contributed by atoms with Gasteiger partial charge in [0, 0.05) is 41.0 Å². The van der Waals surface area contributed by atoms with Crippen LogP contribution in [-0.4, -0.2) is 30.5 Å². The van der Waals surface area contributed by atoms with Gasteiger partial charge in [0.1, 0.15) is 5.82 Å². The van der Waals surface area contributed by atoms with Crippen molar-refractivity contribution in [1.29, 1.82) is 0 Å². The average molecular weight is 475 g/mol. The average Bonchev–Trinajstić information content (AvgIpc) is 3.08. The topological polar surface area (TPSA) is 94.7 Å². The van der Waals surface area contributed by atoms with E-state index in [1.165, 1.54) is 12.5 Å². The van der Waals surface area contributed by atoms with E-state index in [-0.39, 0.29) is 5.69 Å². The second-order valence-corrected chi connectivity index (χ2v) is 8.76. The number of hydrogen-bond acceptors (Lipinski definition) is 5. The lowest BCUT2D eigenvalue weighted by atomic mass is 10.1. The molecule has 2 aromatic carbocycles. The predicted molar refractivity (Wildman–Crippen MR) is 131 cm³/mol. The van der Waals surface area contributed by atoms with Gasteiger partial charge in [-0.15, -0.1) is 10.2 Å². The lowest BCUT2D eigenvalue weighted by Crippen LogP contribution is -2.26. The highest BCUT2D eigenvalue weighted by Crippen LogP contribution is 2.25. The lowest BCUT2D eigenvalue weighted by molar-refractivity contribution is 0.101. The molecule has 1 aliphatic rings. The molecule has 34 heavy (non-hydrogen) atoms. The van der Waals surface area contributed by atoms with Gasteiger partial charge >= 0.3 is 0 Å². The number of carbonyl (C=O) groups is 1. The van der Waals surface area contributed by atoms with Crippen molar-refractivity contribution in [2.75, 3.05) is 5.32 Å². The largest absolute Gasteiger partial charge is 0.320 e. The van der Waals surface area contributed by atoms with E-state index in [1.807, 2.05) is 18.2 Å². The number of amides is 1. The molecule has 0 atom stereocenters. The van der Waals surface area contributed by atoms with Crippen LogP contribution in [0.3, 0.4) is 0 Å². The highest BCUT2D eigenvalue weighted by molar-refractivity contribution is 6.30. The van der Waals surface area contributed by atoms with E-state index < -0.39 is 11.3 Å². The molecule has 0 bridgehead atoms. The van der Waals surface area contributed by atoms with Crippen molar-refractivity contribution in [3.05, 3.63) is 87.1 Å². The Balaban J connectivity index is 1.43. The summed E-state index contributed by atoms with van der Waals surface area (Å²) in [5.41, 5.74) is 2.08. The summed E-state index contributed by atoms with van der Waals surface area (Å²) >= 11 is 5.98. The Kier molecular flexibility index (Phi) is 5.98. The number of anilines is 1. The van der Waals surface area contributed by atoms with Crippen LogP contribution < -0.4 is 10.7 Å². The van der Waals surface area contributed by atoms with Crippen LogP contribution in [0.4, 0.5) is 5.69 Å². The zero-order chi connectivity index (χ0) is 23.7. The van der Waals surface area contributed by atoms with Crippen molar-refractivity contribution in [1.82, 2.24) is 24.5 Å². The molecule has 0 fully saturated rings. The Morgan fingerprint density at radius 3 is 2.68 bits per heavy atom. The minimum atomic E-state index is -0.579. The number of nitrogens with one attached hydrogen (secondary N) is 1. The monoisotopic (exact) mass is 474 g/mol. The Bertz CT molecular complexity index is 1420. The minimum Gasteiger partial charge on any atom is -0.320 e. The summed E-state index contributed by atoms with van der Waals surface area (Å²) in [6, 6.07) is 15.8. The smallest absolute Gasteiger partial charge is 0.280 e. The zero-order valence-corrected chi connectivity index (χ0v) is 19.4. The van der Waals surface area contributed by atoms with E-state index >= 15 is 0 Å². The van der Waals surface area contributed by atoms with Crippen LogP contribution in [0.25, 0.3) is 17.1 Å². The van der Waals surface area contributed by atoms with Gasteiger partial charge in [-0.3, -0.25) is 9.59 Å². The summed E-state index contributed by atoms with van der Waals surface area (Å²) in [5.74, 6) is 1.20. The fourth-order valence-corrected chi connectivity index (χ4v) is 4.30. The molecule has 1 aliphatic heterocycles. The minimum absolute atomic E-state index is 0.192. The normalized spacial score (nSPS) is 13.2. The summed E-state index contributed by atoms with van der Waals surface area (Å²) in [7, 11) is 0. The first kappa shape index (κ1) is 22.0. The molecule has 3 heterocycles. The summed E-state index contributed by atoms with van der Waals surface area (Å²) in [6.45, 7) is 2.64. The van der Waals surface area contributed by atoms with Gasteiger partial charge in [0.05, 0.1) is 5.69 Å². The maximum Gasteiger partial charge on any atom is 0.280 e. The molecule has 0 saturated carbocycles. The molecule has 172 valence electrons. The molecule has 1 N–H and O–H groups in total. The number of fused-ring (bicyclic) bond motifs is 1. The van der Waals surface area contributed by atoms with Crippen molar-refractivity contribution in [3.63, 3.8) is 0 Å². The van der Waals surface area contributed by atoms with Crippen LogP contribution in [-0.2, 0) is 13.0 Å². The number of aryl methyl sites for hydroxylation is 2. The van der Waals surface area contributed by atoms with E-state index in [0.717, 1.165) is 43.0 Å². The lowest BCUT2D eigenvalue weighted by Gasteiger charge is -2.12. The molecule has 0 spiro atoms. The maximum atomic E-state index is 13.0. The summed E-state index contributed by atoms with van der Waals surface area (Å²) < 4.78 is 3.70. The standard InChI is InChI=1S/C25H23ClN6O2/c1-16-14-21(33)23(30-32(16)20-11-9-18(26)10-12-20)25(34)27-19-7-5-6-17(15-19)24-29-28-22-8-3-2-4-13-31(22)24/h5-7,9-12,14-15H,2-4,8,13H2,1H3,(H,27,34). The number of hydrogen-bond donors (Lipinski definition) is 1. The Hall–Kier alpha value is -3.78. The number of aromatic nitrogens is 5. The fourth-order valence-electron chi connectivity index (χ4n) is 4.17. The van der Waals surface area contributed by atoms with Gasteiger partial charge in [0.15, 0.2) is 11.5 Å². The van der Waals surface area contributed by atoms with E-state index in [4.69, 9.17) is 11.6 Å². The summed E-state index contributed by atoms with van der Waals surface area (Å²) in [4.78, 5) is 25.6. The van der Waals surface area contributed by atoms with E-state index in [0.29, 0.717) is 22.1 Å². The van der Waals surface area contributed by atoms with Crippen LogP contribution in [0.1, 0.15) is 41.3 Å². The van der Waals surface area contributed by atoms with Crippen molar-refractivity contribution in [2.24, 2.45) is 0 Å². The quantitative estimate of drug-likeness (QED) is 0.472. The molecule has 2 aromatic heterocycles. The number of nitrogens with zero attached hydrogens (tertiary/aromatic N) is 5. The zero-order valence-electron chi connectivity index (χ0n) is 18.7. The number of rotatable bonds is 4. The first-order valence-corrected chi connectivity index (χ1v) is 11.6. The van der Waals surface area contributed by atoms with Crippen LogP contribution >= 0.6 is 11.6 Å². The predicted octanol–water partition coefficient (Wildman–Crippen LogP) is 4.43. The Labute approximate surface area is 201 Å². The molecule has 5 rings (SSSR count). The summed E-state index contributed by atoms with van der Waals surface area (Å²) in [6.07, 6.45) is 4.30. The molecular formula is C25H23ClN6O2. The molecule has 1 amide bonds. The fraction of sp³-hybridized carbons (Fsp3) is 0.240. The third kappa shape index (κ3) is 4.36. The molecule has 0 saturated heterocycles. The van der Waals surface area contributed by atoms with Crippen molar-refractivity contribution < 1.29 is 4.79 Å². The molecule has 0 radical (unpaired) electrons. The third-order valence-corrected chi connectivity index (χ3v) is 6.13. The second kappa shape index (κ2) is 9.23. The Morgan fingerprint density at radius 1 is 1.03 bits per heavy atom. The van der Waals surface area contributed by atoms with Crippen LogP contribution in [0, 0.1) is 6.92 Å². The molecule has 8 nitrogen and oxygen atoms in total. The van der Waals surface area contributed by atoms with Crippen molar-refractivity contribution >= 4 is 23.2 Å². The van der Waals surface area contributed by atoms with E-state index in [2.05, 4.69) is 25.2 Å². The van der Waals surface area contributed by atoms with Gasteiger partial charge in [-0.25, -0.2) is 4.68 Å². The molecule has 4 aromatic rings. The van der Waals surface area contributed by atoms with Gasteiger partial charge in [0.2, 0.25) is 5.43 Å². The van der Waals surface area contributed by atoms with Gasteiger partial charge in [0.25, 0.3) is 5.91 Å². The van der Waals surface area contributed by atoms with Gasteiger partial charge < -0.3 is 9.88 Å². The van der Waals surface area contributed by atoms with Gasteiger partial charge in [-0.05, 0) is 56.2 Å². The van der Waals surface area contributed by atoms with Gasteiger partial charge in [-0.1, -0.05) is 30.2 Å². The third-order valence-electron chi connectivity index (χ3n) is 5.88. The molecule has 0 aliphatic carbocycles. The summed E-state index contributed by atoms with van der Waals surface area (Å²) in [5, 5.41) is 16.5. The van der Waals surface area contributed by atoms with Gasteiger partial charge in [-0.2, -0.15) is 5.10 Å². The highest BCUT2D eigenvalue weighted by Gasteiger charge is 2.18. The first-order valence-electron chi connectivity index (χ1n) is 11.2. The second-order valence-electron chi connectivity index (χ2n) is 8.32. The first-order chi connectivity index (χ1) is 16.5. The molecular weight excluding hydrogens is 452 g/mol. The number of carbonyl (C=O) groups excluding carboxylic acids is 1. The van der Waals surface area contributed by atoms with Crippen LogP contribution in [0.2, 0.25) is 5.02 Å². The van der Waals surface area contributed by atoms with Crippen LogP contribution in [0.15, 0.2) is 59.4 Å². The molecule has 9 heteroatoms. The highest BCUT2D eigenvalue weighted by atomic mass is 35.5. The maximum absolute atomic E-state index is 13.0. The number of benzene rings is 2. The van der Waals surface area contributed by atoms with E-state index in [9.17, 15) is 9.59 Å². The number of halogens is 1. The SMILES string of the molecule is Cc1cc(=O)c(C(=O)Nc2cccc(-c3nnc4n3CCCCC4)c2)nn1-c1ccc(Cl)cc1. The van der Waals surface area contributed by atoms with E-state index in [1.54, 1.807) is 41.9 Å². The molecule has 0 unspecified atom stereocenters. The van der Waals surface area contributed by atoms with Crippen molar-refractivity contribution in [2.45, 2.75) is 39.2 Å². The Morgan fingerprint density at radius 2 is 1.85 bits per heavy atom. The van der Waals surface area contributed by atoms with Crippen molar-refractivity contribution in [3.8, 4) is 17.1 Å². The van der Waals surface area contributed by atoms with Crippen LogP contribution in [0.5, 0.6) is 0 Å².